The zero-order chi connectivity index (χ0) is 9.84. The fourth-order valence-corrected chi connectivity index (χ4v) is 2.28. The molecule has 0 fully saturated rings. The van der Waals surface area contributed by atoms with Crippen molar-refractivity contribution >= 4 is 33.5 Å². The summed E-state index contributed by atoms with van der Waals surface area (Å²) in [5.74, 6) is 0.140. The molecule has 1 atom stereocenters. The molecule has 0 aliphatic rings. The molecule has 0 saturated heterocycles. The van der Waals surface area contributed by atoms with Gasteiger partial charge in [0, 0.05) is 4.90 Å². The molecule has 1 rings (SSSR count). The minimum atomic E-state index is -0.170. The van der Waals surface area contributed by atoms with Crippen molar-refractivity contribution in [1.29, 1.82) is 0 Å². The Labute approximate surface area is 91.0 Å². The lowest BCUT2D eigenvalue weighted by atomic mass is 10.1. The maximum atomic E-state index is 11.2. The molecule has 1 nitrogen and oxygen atoms in total. The number of Topliss-reactive ketones (excluding diaryl/α,β-unsaturated/α-hetero) is 1. The maximum absolute atomic E-state index is 11.2. The van der Waals surface area contributed by atoms with Crippen molar-refractivity contribution in [2.24, 2.45) is 0 Å². The predicted octanol–water partition coefficient (Wildman–Crippen LogP) is 3.43. The fourth-order valence-electron chi connectivity index (χ4n) is 1.09. The van der Waals surface area contributed by atoms with Gasteiger partial charge in [0.25, 0.3) is 0 Å². The highest BCUT2D eigenvalue weighted by atomic mass is 79.9. The van der Waals surface area contributed by atoms with Gasteiger partial charge >= 0.3 is 0 Å². The lowest BCUT2D eigenvalue weighted by molar-refractivity contribution is -0.116. The zero-order valence-corrected chi connectivity index (χ0v) is 9.98. The number of carbonyl (C=O) groups is 1. The summed E-state index contributed by atoms with van der Waals surface area (Å²) in [6.07, 6.45) is 2.01. The average Bonchev–Trinajstić information content (AvgIpc) is 2.16. The van der Waals surface area contributed by atoms with E-state index in [4.69, 9.17) is 0 Å². The second-order valence-corrected chi connectivity index (χ2v) is 4.48. The van der Waals surface area contributed by atoms with Crippen LogP contribution in [-0.4, -0.2) is 12.0 Å². The summed E-state index contributed by atoms with van der Waals surface area (Å²) in [6, 6.07) is 7.94. The van der Waals surface area contributed by atoms with Gasteiger partial charge in [0.15, 0.2) is 0 Å². The first kappa shape index (κ1) is 10.8. The van der Waals surface area contributed by atoms with E-state index in [1.807, 2.05) is 30.5 Å². The van der Waals surface area contributed by atoms with Crippen molar-refractivity contribution in [3.8, 4) is 0 Å². The molecule has 1 aromatic rings. The van der Waals surface area contributed by atoms with Gasteiger partial charge in [0.05, 0.1) is 4.83 Å². The molecule has 3 heteroatoms. The Kier molecular flexibility index (Phi) is 4.00. The topological polar surface area (TPSA) is 17.1 Å². The number of carbonyl (C=O) groups excluding carboxylic acids is 1. The van der Waals surface area contributed by atoms with Crippen LogP contribution in [0, 0.1) is 0 Å². The monoisotopic (exact) mass is 258 g/mol. The van der Waals surface area contributed by atoms with E-state index >= 15 is 0 Å². The van der Waals surface area contributed by atoms with Crippen molar-refractivity contribution in [2.45, 2.75) is 16.6 Å². The lowest BCUT2D eigenvalue weighted by Crippen LogP contribution is -2.02. The highest BCUT2D eigenvalue weighted by Gasteiger charge is 2.15. The largest absolute Gasteiger partial charge is 0.298 e. The standard InChI is InChI=1S/C10H11BrOS/c1-7(12)10(11)8-5-3-4-6-9(8)13-2/h3-6,10H,1-2H3. The summed E-state index contributed by atoms with van der Waals surface area (Å²) in [6.45, 7) is 1.59. The van der Waals surface area contributed by atoms with E-state index in [2.05, 4.69) is 15.9 Å². The highest BCUT2D eigenvalue weighted by molar-refractivity contribution is 9.09. The minimum absolute atomic E-state index is 0.140. The van der Waals surface area contributed by atoms with Crippen LogP contribution in [-0.2, 0) is 4.79 Å². The molecular formula is C10H11BrOS. The summed E-state index contributed by atoms with van der Waals surface area (Å²) >= 11 is 5.04. The smallest absolute Gasteiger partial charge is 0.147 e. The molecule has 0 spiro atoms. The van der Waals surface area contributed by atoms with Crippen LogP contribution in [0.3, 0.4) is 0 Å². The Balaban J connectivity index is 3.05. The molecule has 1 aromatic carbocycles. The van der Waals surface area contributed by atoms with E-state index in [-0.39, 0.29) is 10.6 Å². The Morgan fingerprint density at radius 3 is 2.62 bits per heavy atom. The van der Waals surface area contributed by atoms with Crippen LogP contribution in [0.4, 0.5) is 0 Å². The van der Waals surface area contributed by atoms with Gasteiger partial charge in [-0.25, -0.2) is 0 Å². The van der Waals surface area contributed by atoms with Gasteiger partial charge in [0.2, 0.25) is 0 Å². The molecule has 0 aliphatic heterocycles. The second kappa shape index (κ2) is 4.82. The number of ketones is 1. The van der Waals surface area contributed by atoms with Crippen molar-refractivity contribution in [3.63, 3.8) is 0 Å². The molecular weight excluding hydrogens is 248 g/mol. The van der Waals surface area contributed by atoms with Gasteiger partial charge < -0.3 is 0 Å². The Hall–Kier alpha value is -0.280. The number of alkyl halides is 1. The Bertz CT molecular complexity index is 312. The van der Waals surface area contributed by atoms with E-state index in [0.29, 0.717) is 0 Å². The number of hydrogen-bond acceptors (Lipinski definition) is 2. The van der Waals surface area contributed by atoms with E-state index in [1.165, 1.54) is 0 Å². The molecule has 0 radical (unpaired) electrons. The first-order valence-corrected chi connectivity index (χ1v) is 6.08. The Morgan fingerprint density at radius 1 is 1.46 bits per heavy atom. The van der Waals surface area contributed by atoms with Gasteiger partial charge in [-0.3, -0.25) is 4.79 Å². The van der Waals surface area contributed by atoms with E-state index in [0.717, 1.165) is 10.5 Å². The van der Waals surface area contributed by atoms with Gasteiger partial charge in [-0.15, -0.1) is 11.8 Å². The summed E-state index contributed by atoms with van der Waals surface area (Å²) < 4.78 is 0. The minimum Gasteiger partial charge on any atom is -0.298 e. The van der Waals surface area contributed by atoms with Crippen LogP contribution in [0.25, 0.3) is 0 Å². The quantitative estimate of drug-likeness (QED) is 0.611. The van der Waals surface area contributed by atoms with Crippen molar-refractivity contribution in [1.82, 2.24) is 0 Å². The molecule has 0 N–H and O–H groups in total. The van der Waals surface area contributed by atoms with Crippen LogP contribution < -0.4 is 0 Å². The summed E-state index contributed by atoms with van der Waals surface area (Å²) in [5.41, 5.74) is 1.06. The van der Waals surface area contributed by atoms with Crippen molar-refractivity contribution < 1.29 is 4.79 Å². The lowest BCUT2D eigenvalue weighted by Gasteiger charge is -2.10. The number of rotatable bonds is 3. The predicted molar refractivity (Wildman–Crippen MR) is 60.6 cm³/mol. The normalized spacial score (nSPS) is 12.5. The SMILES string of the molecule is CSc1ccccc1C(Br)C(C)=O. The van der Waals surface area contributed by atoms with Crippen LogP contribution >= 0.6 is 27.7 Å². The summed E-state index contributed by atoms with van der Waals surface area (Å²) in [5, 5.41) is 0. The third-order valence-electron chi connectivity index (χ3n) is 1.77. The number of hydrogen-bond donors (Lipinski definition) is 0. The number of halogens is 1. The van der Waals surface area contributed by atoms with E-state index in [1.54, 1.807) is 18.7 Å². The summed E-state index contributed by atoms with van der Waals surface area (Å²) in [4.78, 5) is 12.1. The van der Waals surface area contributed by atoms with Gasteiger partial charge in [-0.1, -0.05) is 34.1 Å². The van der Waals surface area contributed by atoms with Crippen LogP contribution in [0.5, 0.6) is 0 Å². The first-order valence-electron chi connectivity index (χ1n) is 3.94. The van der Waals surface area contributed by atoms with Crippen molar-refractivity contribution in [2.75, 3.05) is 6.26 Å². The molecule has 0 aromatic heterocycles. The number of thioether (sulfide) groups is 1. The van der Waals surface area contributed by atoms with Crippen LogP contribution in [0.15, 0.2) is 29.2 Å². The molecule has 0 aliphatic carbocycles. The molecule has 0 saturated carbocycles. The second-order valence-electron chi connectivity index (χ2n) is 2.72. The fraction of sp³-hybridized carbons (Fsp3) is 0.300. The summed E-state index contributed by atoms with van der Waals surface area (Å²) in [7, 11) is 0. The highest BCUT2D eigenvalue weighted by Crippen LogP contribution is 2.31. The third kappa shape index (κ3) is 2.58. The van der Waals surface area contributed by atoms with Gasteiger partial charge in [0.1, 0.15) is 5.78 Å². The first-order chi connectivity index (χ1) is 6.16. The van der Waals surface area contributed by atoms with E-state index in [9.17, 15) is 4.79 Å². The molecule has 70 valence electrons. The Morgan fingerprint density at radius 2 is 2.08 bits per heavy atom. The van der Waals surface area contributed by atoms with Crippen LogP contribution in [0.2, 0.25) is 0 Å². The maximum Gasteiger partial charge on any atom is 0.147 e. The molecule has 0 heterocycles. The van der Waals surface area contributed by atoms with Crippen molar-refractivity contribution in [3.05, 3.63) is 29.8 Å². The van der Waals surface area contributed by atoms with Gasteiger partial charge in [-0.2, -0.15) is 0 Å². The molecule has 0 bridgehead atoms. The number of benzene rings is 1. The molecule has 0 amide bonds. The van der Waals surface area contributed by atoms with Crippen LogP contribution in [0.1, 0.15) is 17.3 Å². The average molecular weight is 259 g/mol. The van der Waals surface area contributed by atoms with Gasteiger partial charge in [-0.05, 0) is 24.8 Å². The van der Waals surface area contributed by atoms with E-state index < -0.39 is 0 Å². The third-order valence-corrected chi connectivity index (χ3v) is 3.72. The molecule has 13 heavy (non-hydrogen) atoms. The molecule has 1 unspecified atom stereocenters. The zero-order valence-electron chi connectivity index (χ0n) is 7.58.